The van der Waals surface area contributed by atoms with Gasteiger partial charge in [-0.3, -0.25) is 4.79 Å². The highest BCUT2D eigenvalue weighted by atomic mass is 19.4. The summed E-state index contributed by atoms with van der Waals surface area (Å²) >= 11 is 0. The Kier molecular flexibility index (Phi) is 5.37. The molecule has 0 atom stereocenters. The molecule has 1 rings (SSSR count). The van der Waals surface area contributed by atoms with Crippen LogP contribution >= 0.6 is 0 Å². The average Bonchev–Trinajstić information content (AvgIpc) is 2.34. The number of alkyl halides is 3. The summed E-state index contributed by atoms with van der Waals surface area (Å²) in [6.07, 6.45) is -5.11. The Bertz CT molecular complexity index is 460. The molecule has 6 heteroatoms. The van der Waals surface area contributed by atoms with Gasteiger partial charge < -0.3 is 5.32 Å². The van der Waals surface area contributed by atoms with E-state index in [4.69, 9.17) is 5.26 Å². The zero-order valence-electron chi connectivity index (χ0n) is 10.1. The van der Waals surface area contributed by atoms with Crippen molar-refractivity contribution in [3.05, 3.63) is 35.4 Å². The summed E-state index contributed by atoms with van der Waals surface area (Å²) in [6, 6.07) is 8.43. The van der Waals surface area contributed by atoms with Crippen molar-refractivity contribution >= 4 is 5.91 Å². The number of nitriles is 1. The first kappa shape index (κ1) is 15.0. The number of halogens is 3. The molecule has 0 unspecified atom stereocenters. The summed E-state index contributed by atoms with van der Waals surface area (Å²) in [5.41, 5.74) is 1.21. The lowest BCUT2D eigenvalue weighted by molar-refractivity contribution is -0.136. The first-order valence-corrected chi connectivity index (χ1v) is 5.73. The van der Waals surface area contributed by atoms with Crippen LogP contribution in [0.25, 0.3) is 0 Å². The third kappa shape index (κ3) is 6.46. The molecule has 3 nitrogen and oxygen atoms in total. The lowest BCUT2D eigenvalue weighted by atomic mass is 10.1. The number of carbonyl (C=O) groups excluding carboxylic acids is 1. The largest absolute Gasteiger partial charge is 0.389 e. The van der Waals surface area contributed by atoms with Gasteiger partial charge in [0, 0.05) is 13.0 Å². The third-order valence-electron chi connectivity index (χ3n) is 2.41. The van der Waals surface area contributed by atoms with Crippen LogP contribution in [0.1, 0.15) is 24.0 Å². The zero-order valence-corrected chi connectivity index (χ0v) is 10.1. The highest BCUT2D eigenvalue weighted by Gasteiger charge is 2.25. The Morgan fingerprint density at radius 2 is 1.89 bits per heavy atom. The normalized spacial score (nSPS) is 10.8. The molecule has 1 aromatic rings. The Balaban J connectivity index is 2.29. The van der Waals surface area contributed by atoms with Crippen LogP contribution in [0.5, 0.6) is 0 Å². The quantitative estimate of drug-likeness (QED) is 0.836. The topological polar surface area (TPSA) is 52.9 Å². The minimum Gasteiger partial charge on any atom is -0.356 e. The van der Waals surface area contributed by atoms with E-state index in [-0.39, 0.29) is 25.3 Å². The van der Waals surface area contributed by atoms with Gasteiger partial charge in [0.25, 0.3) is 0 Å². The van der Waals surface area contributed by atoms with Gasteiger partial charge in [0.2, 0.25) is 5.91 Å². The molecule has 0 aromatic heterocycles. The van der Waals surface area contributed by atoms with Crippen LogP contribution in [0.2, 0.25) is 0 Å². The number of rotatable bonds is 5. The van der Waals surface area contributed by atoms with Crippen molar-refractivity contribution < 1.29 is 18.0 Å². The standard InChI is InChI=1S/C13H13F3N2O/c14-13(15,16)6-1-7-18-12(19)8-10-2-4-11(9-17)5-3-10/h2-5H,1,6-8H2,(H,18,19). The average molecular weight is 270 g/mol. The lowest BCUT2D eigenvalue weighted by Gasteiger charge is -2.07. The Hall–Kier alpha value is -2.03. The Morgan fingerprint density at radius 3 is 2.42 bits per heavy atom. The van der Waals surface area contributed by atoms with Gasteiger partial charge in [0.1, 0.15) is 0 Å². The predicted octanol–water partition coefficient (Wildman–Crippen LogP) is 2.56. The maximum absolute atomic E-state index is 11.9. The molecule has 0 spiro atoms. The number of nitrogens with zero attached hydrogens (tertiary/aromatic N) is 1. The van der Waals surface area contributed by atoms with Crippen molar-refractivity contribution in [1.82, 2.24) is 5.32 Å². The minimum atomic E-state index is -4.18. The number of benzene rings is 1. The van der Waals surface area contributed by atoms with Gasteiger partial charge >= 0.3 is 6.18 Å². The van der Waals surface area contributed by atoms with Crippen LogP contribution in [0.15, 0.2) is 24.3 Å². The molecule has 0 heterocycles. The van der Waals surface area contributed by atoms with Crippen molar-refractivity contribution in [3.8, 4) is 6.07 Å². The SMILES string of the molecule is N#Cc1ccc(CC(=O)NCCCC(F)(F)F)cc1. The number of carbonyl (C=O) groups is 1. The van der Waals surface area contributed by atoms with Gasteiger partial charge in [-0.15, -0.1) is 0 Å². The first-order chi connectivity index (χ1) is 8.90. The van der Waals surface area contributed by atoms with E-state index in [0.29, 0.717) is 11.1 Å². The van der Waals surface area contributed by atoms with Gasteiger partial charge in [0.15, 0.2) is 0 Å². The van der Waals surface area contributed by atoms with Gasteiger partial charge in [-0.05, 0) is 24.1 Å². The molecule has 102 valence electrons. The molecule has 0 radical (unpaired) electrons. The molecule has 0 aliphatic carbocycles. The second-order valence-electron chi connectivity index (χ2n) is 4.05. The smallest absolute Gasteiger partial charge is 0.356 e. The fourth-order valence-electron chi connectivity index (χ4n) is 1.46. The van der Waals surface area contributed by atoms with E-state index in [2.05, 4.69) is 5.32 Å². The molecular formula is C13H13F3N2O. The summed E-state index contributed by atoms with van der Waals surface area (Å²) < 4.78 is 35.6. The number of hydrogen-bond donors (Lipinski definition) is 1. The fourth-order valence-corrected chi connectivity index (χ4v) is 1.46. The van der Waals surface area contributed by atoms with E-state index >= 15 is 0 Å². The first-order valence-electron chi connectivity index (χ1n) is 5.73. The van der Waals surface area contributed by atoms with Crippen LogP contribution in [-0.4, -0.2) is 18.6 Å². The molecule has 0 fully saturated rings. The van der Waals surface area contributed by atoms with Crippen LogP contribution < -0.4 is 5.32 Å². The highest BCUT2D eigenvalue weighted by molar-refractivity contribution is 5.78. The van der Waals surface area contributed by atoms with E-state index in [0.717, 1.165) is 0 Å². The summed E-state index contributed by atoms with van der Waals surface area (Å²) in [4.78, 5) is 11.4. The van der Waals surface area contributed by atoms with Gasteiger partial charge in [-0.25, -0.2) is 0 Å². The van der Waals surface area contributed by atoms with E-state index < -0.39 is 12.6 Å². The Labute approximate surface area is 109 Å². The molecule has 0 aliphatic rings. The van der Waals surface area contributed by atoms with E-state index in [1.54, 1.807) is 24.3 Å². The van der Waals surface area contributed by atoms with Crippen molar-refractivity contribution in [2.75, 3.05) is 6.54 Å². The predicted molar refractivity (Wildman–Crippen MR) is 63.2 cm³/mol. The summed E-state index contributed by atoms with van der Waals surface area (Å²) in [5.74, 6) is -0.327. The summed E-state index contributed by atoms with van der Waals surface area (Å²) in [6.45, 7) is 0.00855. The van der Waals surface area contributed by atoms with Crippen LogP contribution in [-0.2, 0) is 11.2 Å². The number of amides is 1. The second-order valence-corrected chi connectivity index (χ2v) is 4.05. The maximum Gasteiger partial charge on any atom is 0.389 e. The molecule has 0 saturated heterocycles. The lowest BCUT2D eigenvalue weighted by Crippen LogP contribution is -2.27. The van der Waals surface area contributed by atoms with Crippen molar-refractivity contribution in [1.29, 1.82) is 5.26 Å². The van der Waals surface area contributed by atoms with E-state index in [9.17, 15) is 18.0 Å². The van der Waals surface area contributed by atoms with Gasteiger partial charge in [-0.1, -0.05) is 12.1 Å². The number of hydrogen-bond acceptors (Lipinski definition) is 2. The second kappa shape index (κ2) is 6.78. The molecule has 0 bridgehead atoms. The van der Waals surface area contributed by atoms with Gasteiger partial charge in [0.05, 0.1) is 18.1 Å². The van der Waals surface area contributed by atoms with Crippen molar-refractivity contribution in [2.45, 2.75) is 25.4 Å². The molecule has 1 N–H and O–H groups in total. The van der Waals surface area contributed by atoms with E-state index in [1.807, 2.05) is 6.07 Å². The molecule has 0 saturated carbocycles. The summed E-state index contributed by atoms with van der Waals surface area (Å²) in [7, 11) is 0. The van der Waals surface area contributed by atoms with E-state index in [1.165, 1.54) is 0 Å². The fraction of sp³-hybridized carbons (Fsp3) is 0.385. The van der Waals surface area contributed by atoms with Gasteiger partial charge in [-0.2, -0.15) is 18.4 Å². The van der Waals surface area contributed by atoms with Crippen molar-refractivity contribution in [2.24, 2.45) is 0 Å². The summed E-state index contributed by atoms with van der Waals surface area (Å²) in [5, 5.41) is 11.0. The molecule has 1 amide bonds. The highest BCUT2D eigenvalue weighted by Crippen LogP contribution is 2.20. The number of nitrogens with one attached hydrogen (secondary N) is 1. The minimum absolute atomic E-state index is 0.00855. The molecular weight excluding hydrogens is 257 g/mol. The zero-order chi connectivity index (χ0) is 14.3. The van der Waals surface area contributed by atoms with Crippen LogP contribution in [0.4, 0.5) is 13.2 Å². The van der Waals surface area contributed by atoms with Crippen molar-refractivity contribution in [3.63, 3.8) is 0 Å². The molecule has 0 aliphatic heterocycles. The molecule has 19 heavy (non-hydrogen) atoms. The monoisotopic (exact) mass is 270 g/mol. The Morgan fingerprint density at radius 1 is 1.26 bits per heavy atom. The maximum atomic E-state index is 11.9. The van der Waals surface area contributed by atoms with Crippen LogP contribution in [0, 0.1) is 11.3 Å². The molecule has 1 aromatic carbocycles. The van der Waals surface area contributed by atoms with Crippen LogP contribution in [0.3, 0.4) is 0 Å². The third-order valence-corrected chi connectivity index (χ3v) is 2.41.